The van der Waals surface area contributed by atoms with Gasteiger partial charge in [0.25, 0.3) is 0 Å². The number of carbonyl (C=O) groups is 1. The van der Waals surface area contributed by atoms with E-state index < -0.39 is 11.9 Å². The van der Waals surface area contributed by atoms with E-state index in [0.29, 0.717) is 23.2 Å². The molecule has 100 valence electrons. The van der Waals surface area contributed by atoms with Gasteiger partial charge in [-0.1, -0.05) is 0 Å². The van der Waals surface area contributed by atoms with Crippen molar-refractivity contribution in [3.63, 3.8) is 0 Å². The largest absolute Gasteiger partial charge is 0.385 e. The van der Waals surface area contributed by atoms with Crippen molar-refractivity contribution in [1.29, 1.82) is 0 Å². The number of hydrogen-bond donors (Lipinski definition) is 2. The maximum Gasteiger partial charge on any atom is 0.241 e. The van der Waals surface area contributed by atoms with Crippen molar-refractivity contribution in [2.45, 2.75) is 19.4 Å². The minimum atomic E-state index is -0.670. The van der Waals surface area contributed by atoms with E-state index in [1.165, 1.54) is 6.07 Å². The van der Waals surface area contributed by atoms with E-state index in [1.54, 1.807) is 20.1 Å². The molecule has 1 amide bonds. The molecule has 0 aromatic heterocycles. The normalized spacial score (nSPS) is 12.3. The molecule has 6 heteroatoms. The molecule has 0 heterocycles. The first kappa shape index (κ1) is 15.1. The van der Waals surface area contributed by atoms with Gasteiger partial charge in [0.1, 0.15) is 5.82 Å². The minimum Gasteiger partial charge on any atom is -0.385 e. The Morgan fingerprint density at radius 2 is 2.28 bits per heavy atom. The van der Waals surface area contributed by atoms with Crippen LogP contribution in [0.2, 0.25) is 0 Å². The molecule has 3 N–H and O–H groups in total. The summed E-state index contributed by atoms with van der Waals surface area (Å²) in [6.45, 7) is 2.18. The zero-order valence-corrected chi connectivity index (χ0v) is 11.9. The second kappa shape index (κ2) is 6.82. The highest BCUT2D eigenvalue weighted by atomic mass is 79.9. The lowest BCUT2D eigenvalue weighted by atomic mass is 10.1. The third-order valence-corrected chi connectivity index (χ3v) is 3.10. The number of anilines is 1. The number of benzene rings is 1. The van der Waals surface area contributed by atoms with Crippen molar-refractivity contribution in [3.05, 3.63) is 28.0 Å². The van der Waals surface area contributed by atoms with Crippen LogP contribution in [0.3, 0.4) is 0 Å². The number of nitrogens with two attached hydrogens (primary N) is 1. The van der Waals surface area contributed by atoms with Crippen LogP contribution in [0, 0.1) is 12.7 Å². The number of nitrogens with one attached hydrogen (secondary N) is 1. The van der Waals surface area contributed by atoms with Gasteiger partial charge >= 0.3 is 0 Å². The Morgan fingerprint density at radius 3 is 2.89 bits per heavy atom. The minimum absolute atomic E-state index is 0.350. The summed E-state index contributed by atoms with van der Waals surface area (Å²) in [6, 6.07) is 2.20. The van der Waals surface area contributed by atoms with Gasteiger partial charge in [0.15, 0.2) is 0 Å². The summed E-state index contributed by atoms with van der Waals surface area (Å²) in [4.78, 5) is 11.7. The summed E-state index contributed by atoms with van der Waals surface area (Å²) in [5, 5.41) is 2.61. The molecular weight excluding hydrogens is 303 g/mol. The summed E-state index contributed by atoms with van der Waals surface area (Å²) < 4.78 is 18.6. The van der Waals surface area contributed by atoms with Crippen LogP contribution < -0.4 is 11.1 Å². The Balaban J connectivity index is 2.72. The van der Waals surface area contributed by atoms with Gasteiger partial charge in [-0.05, 0) is 47.0 Å². The van der Waals surface area contributed by atoms with Crippen LogP contribution in [0.4, 0.5) is 10.1 Å². The average Bonchev–Trinajstić information content (AvgIpc) is 2.32. The third-order valence-electron chi connectivity index (χ3n) is 2.49. The van der Waals surface area contributed by atoms with Gasteiger partial charge in [-0.15, -0.1) is 0 Å². The van der Waals surface area contributed by atoms with Crippen molar-refractivity contribution < 1.29 is 13.9 Å². The van der Waals surface area contributed by atoms with Gasteiger partial charge in [-0.3, -0.25) is 4.79 Å². The zero-order valence-electron chi connectivity index (χ0n) is 10.3. The van der Waals surface area contributed by atoms with Crippen LogP contribution in [0.1, 0.15) is 12.0 Å². The molecule has 0 radical (unpaired) electrons. The molecule has 0 aliphatic carbocycles. The molecule has 0 bridgehead atoms. The molecule has 4 nitrogen and oxygen atoms in total. The average molecular weight is 319 g/mol. The van der Waals surface area contributed by atoms with Gasteiger partial charge in [-0.2, -0.15) is 0 Å². The van der Waals surface area contributed by atoms with E-state index in [9.17, 15) is 9.18 Å². The lowest BCUT2D eigenvalue weighted by Gasteiger charge is -2.13. The highest BCUT2D eigenvalue weighted by Crippen LogP contribution is 2.24. The number of hydrogen-bond acceptors (Lipinski definition) is 3. The highest BCUT2D eigenvalue weighted by molar-refractivity contribution is 9.10. The number of carbonyl (C=O) groups excluding carboxylic acids is 1. The Bertz CT molecular complexity index is 440. The number of methoxy groups -OCH3 is 1. The van der Waals surface area contributed by atoms with Crippen molar-refractivity contribution in [1.82, 2.24) is 0 Å². The van der Waals surface area contributed by atoms with Crippen LogP contribution >= 0.6 is 15.9 Å². The molecule has 0 fully saturated rings. The summed E-state index contributed by atoms with van der Waals surface area (Å²) >= 11 is 3.08. The van der Waals surface area contributed by atoms with E-state index in [0.717, 1.165) is 5.56 Å². The van der Waals surface area contributed by atoms with Crippen molar-refractivity contribution >= 4 is 27.5 Å². The number of ether oxygens (including phenoxy) is 1. The smallest absolute Gasteiger partial charge is 0.241 e. The van der Waals surface area contributed by atoms with Crippen molar-refractivity contribution in [2.75, 3.05) is 19.0 Å². The summed E-state index contributed by atoms with van der Waals surface area (Å²) in [6.07, 6.45) is 0.417. The summed E-state index contributed by atoms with van der Waals surface area (Å²) in [5.41, 5.74) is 6.86. The van der Waals surface area contributed by atoms with E-state index >= 15 is 0 Å². The summed E-state index contributed by atoms with van der Waals surface area (Å²) in [5.74, 6) is -0.779. The Morgan fingerprint density at radius 1 is 1.61 bits per heavy atom. The van der Waals surface area contributed by atoms with Gasteiger partial charge in [0, 0.05) is 19.4 Å². The molecule has 0 saturated carbocycles. The fourth-order valence-electron chi connectivity index (χ4n) is 1.38. The topological polar surface area (TPSA) is 64.3 Å². The van der Waals surface area contributed by atoms with E-state index in [1.807, 2.05) is 0 Å². The first-order valence-electron chi connectivity index (χ1n) is 5.46. The fraction of sp³-hybridized carbons (Fsp3) is 0.417. The Hall–Kier alpha value is -0.980. The first-order chi connectivity index (χ1) is 8.45. The molecular formula is C12H16BrFN2O2. The van der Waals surface area contributed by atoms with Crippen LogP contribution in [0.15, 0.2) is 16.6 Å². The monoisotopic (exact) mass is 318 g/mol. The fourth-order valence-corrected chi connectivity index (χ4v) is 1.84. The first-order valence-corrected chi connectivity index (χ1v) is 6.26. The molecule has 0 spiro atoms. The molecule has 0 aliphatic heterocycles. The summed E-state index contributed by atoms with van der Waals surface area (Å²) in [7, 11) is 1.54. The second-order valence-corrected chi connectivity index (χ2v) is 4.81. The number of halogens is 2. The van der Waals surface area contributed by atoms with Gasteiger partial charge in [0.2, 0.25) is 5.91 Å². The molecule has 1 unspecified atom stereocenters. The molecule has 1 rings (SSSR count). The molecule has 0 aliphatic rings. The Labute approximate surface area is 114 Å². The quantitative estimate of drug-likeness (QED) is 0.874. The van der Waals surface area contributed by atoms with Gasteiger partial charge < -0.3 is 15.8 Å². The predicted octanol–water partition coefficient (Wildman–Crippen LogP) is 2.20. The van der Waals surface area contributed by atoms with Crippen LogP contribution in [0.5, 0.6) is 0 Å². The van der Waals surface area contributed by atoms with Crippen molar-refractivity contribution in [2.24, 2.45) is 5.73 Å². The Kier molecular flexibility index (Phi) is 5.71. The molecule has 0 saturated heterocycles. The third kappa shape index (κ3) is 4.04. The standard InChI is InChI=1S/C12H16BrFN2O2/c1-7-5-8(13)9(14)6-11(7)16-12(17)10(15)3-4-18-2/h5-6,10H,3-4,15H2,1-2H3,(H,16,17). The van der Waals surface area contributed by atoms with Crippen LogP contribution in [0.25, 0.3) is 0 Å². The van der Waals surface area contributed by atoms with E-state index in [-0.39, 0.29) is 5.91 Å². The number of amides is 1. The molecule has 1 aromatic carbocycles. The maximum absolute atomic E-state index is 13.4. The lowest BCUT2D eigenvalue weighted by Crippen LogP contribution is -2.36. The van der Waals surface area contributed by atoms with Crippen LogP contribution in [-0.2, 0) is 9.53 Å². The highest BCUT2D eigenvalue weighted by Gasteiger charge is 2.15. The van der Waals surface area contributed by atoms with Gasteiger partial charge in [0.05, 0.1) is 10.5 Å². The van der Waals surface area contributed by atoms with Crippen molar-refractivity contribution in [3.8, 4) is 0 Å². The number of rotatable bonds is 5. The lowest BCUT2D eigenvalue weighted by molar-refractivity contribution is -0.117. The molecule has 1 aromatic rings. The predicted molar refractivity (Wildman–Crippen MR) is 71.9 cm³/mol. The second-order valence-electron chi connectivity index (χ2n) is 3.96. The zero-order chi connectivity index (χ0) is 13.7. The molecule has 18 heavy (non-hydrogen) atoms. The maximum atomic E-state index is 13.4. The van der Waals surface area contributed by atoms with Crippen LogP contribution in [-0.4, -0.2) is 25.7 Å². The van der Waals surface area contributed by atoms with Gasteiger partial charge in [-0.25, -0.2) is 4.39 Å². The van der Waals surface area contributed by atoms with E-state index in [2.05, 4.69) is 21.2 Å². The number of aryl methyl sites for hydroxylation is 1. The van der Waals surface area contributed by atoms with E-state index in [4.69, 9.17) is 10.5 Å². The SMILES string of the molecule is COCCC(N)C(=O)Nc1cc(F)c(Br)cc1C. The molecule has 1 atom stereocenters.